The van der Waals surface area contributed by atoms with Gasteiger partial charge in [-0.25, -0.2) is 0 Å². The molecule has 4 rings (SSSR count). The fourth-order valence-corrected chi connectivity index (χ4v) is 4.37. The first-order valence-electron chi connectivity index (χ1n) is 9.82. The molecule has 1 amide bonds. The molecule has 0 bridgehead atoms. The van der Waals surface area contributed by atoms with E-state index in [0.717, 1.165) is 69.2 Å². The van der Waals surface area contributed by atoms with E-state index in [1.165, 1.54) is 5.56 Å². The first-order valence-corrected chi connectivity index (χ1v) is 9.82. The molecule has 0 radical (unpaired) electrons. The van der Waals surface area contributed by atoms with Crippen molar-refractivity contribution in [1.29, 1.82) is 0 Å². The SMILES string of the molecule is O=C(c1cc2c([nH]c1=O)CCC2)N1CCCC[C@@H]1CCc1ccccc1. The molecule has 1 aromatic heterocycles. The third-order valence-electron chi connectivity index (χ3n) is 5.82. The van der Waals surface area contributed by atoms with Crippen molar-refractivity contribution in [2.75, 3.05) is 6.54 Å². The Bertz CT molecular complexity index is 841. The zero-order chi connectivity index (χ0) is 17.9. The van der Waals surface area contributed by atoms with Crippen molar-refractivity contribution in [2.45, 2.75) is 57.4 Å². The average molecular weight is 350 g/mol. The van der Waals surface area contributed by atoms with Gasteiger partial charge in [0, 0.05) is 18.3 Å². The van der Waals surface area contributed by atoms with E-state index in [2.05, 4.69) is 29.2 Å². The van der Waals surface area contributed by atoms with Gasteiger partial charge in [0.15, 0.2) is 0 Å². The molecule has 1 N–H and O–H groups in total. The fourth-order valence-electron chi connectivity index (χ4n) is 4.37. The Kier molecular flexibility index (Phi) is 4.91. The number of carbonyl (C=O) groups is 1. The van der Waals surface area contributed by atoms with Crippen LogP contribution in [-0.4, -0.2) is 28.4 Å². The van der Waals surface area contributed by atoms with E-state index < -0.39 is 0 Å². The van der Waals surface area contributed by atoms with Crippen molar-refractivity contribution in [3.05, 3.63) is 69.1 Å². The number of hydrogen-bond donors (Lipinski definition) is 1. The lowest BCUT2D eigenvalue weighted by atomic mass is 9.95. The number of piperidine rings is 1. The van der Waals surface area contributed by atoms with Gasteiger partial charge < -0.3 is 9.88 Å². The lowest BCUT2D eigenvalue weighted by Gasteiger charge is -2.36. The molecule has 0 saturated carbocycles. The summed E-state index contributed by atoms with van der Waals surface area (Å²) < 4.78 is 0. The molecule has 0 unspecified atom stereocenters. The molecule has 1 aromatic carbocycles. The van der Waals surface area contributed by atoms with Crippen LogP contribution in [0.4, 0.5) is 0 Å². The third kappa shape index (κ3) is 3.46. The van der Waals surface area contributed by atoms with Crippen molar-refractivity contribution < 1.29 is 4.79 Å². The smallest absolute Gasteiger partial charge is 0.261 e. The van der Waals surface area contributed by atoms with E-state index in [-0.39, 0.29) is 17.5 Å². The van der Waals surface area contributed by atoms with Gasteiger partial charge in [-0.05, 0) is 68.6 Å². The summed E-state index contributed by atoms with van der Waals surface area (Å²) >= 11 is 0. The highest BCUT2D eigenvalue weighted by Crippen LogP contribution is 2.24. The number of aromatic nitrogens is 1. The van der Waals surface area contributed by atoms with E-state index in [0.29, 0.717) is 5.56 Å². The second kappa shape index (κ2) is 7.48. The summed E-state index contributed by atoms with van der Waals surface area (Å²) in [5, 5.41) is 0. The van der Waals surface area contributed by atoms with Crippen molar-refractivity contribution in [3.8, 4) is 0 Å². The summed E-state index contributed by atoms with van der Waals surface area (Å²) in [6.45, 7) is 0.759. The molecule has 26 heavy (non-hydrogen) atoms. The van der Waals surface area contributed by atoms with Crippen LogP contribution in [0, 0.1) is 0 Å². The monoisotopic (exact) mass is 350 g/mol. The summed E-state index contributed by atoms with van der Waals surface area (Å²) in [5.74, 6) is -0.0845. The summed E-state index contributed by atoms with van der Waals surface area (Å²) in [7, 11) is 0. The van der Waals surface area contributed by atoms with E-state index in [1.807, 2.05) is 17.0 Å². The molecule has 1 atom stereocenters. The Morgan fingerprint density at radius 3 is 2.81 bits per heavy atom. The molecule has 2 aliphatic rings. The van der Waals surface area contributed by atoms with Gasteiger partial charge in [0.2, 0.25) is 0 Å². The zero-order valence-corrected chi connectivity index (χ0v) is 15.2. The predicted molar refractivity (Wildman–Crippen MR) is 103 cm³/mol. The highest BCUT2D eigenvalue weighted by atomic mass is 16.2. The van der Waals surface area contributed by atoms with Gasteiger partial charge in [0.25, 0.3) is 11.5 Å². The number of aryl methyl sites for hydroxylation is 3. The van der Waals surface area contributed by atoms with Gasteiger partial charge in [0.1, 0.15) is 5.56 Å². The highest BCUT2D eigenvalue weighted by Gasteiger charge is 2.29. The van der Waals surface area contributed by atoms with Gasteiger partial charge in [-0.2, -0.15) is 0 Å². The largest absolute Gasteiger partial charge is 0.335 e. The third-order valence-corrected chi connectivity index (χ3v) is 5.82. The maximum absolute atomic E-state index is 13.1. The topological polar surface area (TPSA) is 53.2 Å². The molecule has 136 valence electrons. The summed E-state index contributed by atoms with van der Waals surface area (Å²) in [6, 6.07) is 12.5. The van der Waals surface area contributed by atoms with Crippen LogP contribution in [0.25, 0.3) is 0 Å². The van der Waals surface area contributed by atoms with Crippen LogP contribution in [-0.2, 0) is 19.3 Å². The van der Waals surface area contributed by atoms with E-state index in [1.54, 1.807) is 0 Å². The molecular weight excluding hydrogens is 324 g/mol. The molecule has 2 heterocycles. The summed E-state index contributed by atoms with van der Waals surface area (Å²) in [6.07, 6.45) is 8.08. The first kappa shape index (κ1) is 17.1. The second-order valence-corrected chi connectivity index (χ2v) is 7.54. The van der Waals surface area contributed by atoms with E-state index in [9.17, 15) is 9.59 Å². The number of H-pyrrole nitrogens is 1. The molecule has 0 spiro atoms. The number of rotatable bonds is 4. The minimum absolute atomic E-state index is 0.0845. The summed E-state index contributed by atoms with van der Waals surface area (Å²) in [5.41, 5.74) is 3.58. The molecule has 2 aromatic rings. The van der Waals surface area contributed by atoms with Crippen molar-refractivity contribution in [3.63, 3.8) is 0 Å². The second-order valence-electron chi connectivity index (χ2n) is 7.54. The van der Waals surface area contributed by atoms with Crippen molar-refractivity contribution >= 4 is 5.91 Å². The van der Waals surface area contributed by atoms with Crippen LogP contribution in [0.1, 0.15) is 59.3 Å². The number of pyridine rings is 1. The summed E-state index contributed by atoms with van der Waals surface area (Å²) in [4.78, 5) is 30.5. The number of benzene rings is 1. The van der Waals surface area contributed by atoms with Gasteiger partial charge in [-0.15, -0.1) is 0 Å². The Balaban J connectivity index is 1.52. The van der Waals surface area contributed by atoms with Crippen LogP contribution in [0.2, 0.25) is 0 Å². The van der Waals surface area contributed by atoms with Crippen LogP contribution in [0.15, 0.2) is 41.2 Å². The average Bonchev–Trinajstić information content (AvgIpc) is 3.13. The molecule has 1 aliphatic heterocycles. The number of nitrogens with zero attached hydrogens (tertiary/aromatic N) is 1. The van der Waals surface area contributed by atoms with E-state index >= 15 is 0 Å². The van der Waals surface area contributed by atoms with Crippen LogP contribution in [0.3, 0.4) is 0 Å². The number of nitrogens with one attached hydrogen (secondary N) is 1. The molecule has 1 saturated heterocycles. The lowest BCUT2D eigenvalue weighted by Crippen LogP contribution is -2.45. The van der Waals surface area contributed by atoms with Crippen molar-refractivity contribution in [2.24, 2.45) is 0 Å². The molecule has 1 fully saturated rings. The van der Waals surface area contributed by atoms with Gasteiger partial charge in [0.05, 0.1) is 0 Å². The Morgan fingerprint density at radius 2 is 1.96 bits per heavy atom. The zero-order valence-electron chi connectivity index (χ0n) is 15.2. The number of likely N-dealkylation sites (tertiary alicyclic amines) is 1. The standard InChI is InChI=1S/C22H26N2O2/c25-21-19(15-17-9-6-11-20(17)23-21)22(26)24-14-5-4-10-18(24)13-12-16-7-2-1-3-8-16/h1-3,7-8,15,18H,4-6,9-14H2,(H,23,25)/t18-/m1/s1. The quantitative estimate of drug-likeness (QED) is 0.918. The number of amides is 1. The maximum atomic E-state index is 13.1. The van der Waals surface area contributed by atoms with Gasteiger partial charge in [-0.1, -0.05) is 30.3 Å². The predicted octanol–water partition coefficient (Wildman–Crippen LogP) is 3.49. The van der Waals surface area contributed by atoms with Crippen LogP contribution >= 0.6 is 0 Å². The molecular formula is C22H26N2O2. The van der Waals surface area contributed by atoms with Crippen LogP contribution in [0.5, 0.6) is 0 Å². The lowest BCUT2D eigenvalue weighted by molar-refractivity contribution is 0.0600. The Morgan fingerprint density at radius 1 is 1.12 bits per heavy atom. The van der Waals surface area contributed by atoms with E-state index in [4.69, 9.17) is 0 Å². The minimum atomic E-state index is -0.219. The number of hydrogen-bond acceptors (Lipinski definition) is 2. The van der Waals surface area contributed by atoms with Gasteiger partial charge in [-0.3, -0.25) is 9.59 Å². The number of carbonyl (C=O) groups excluding carboxylic acids is 1. The minimum Gasteiger partial charge on any atom is -0.335 e. The first-order chi connectivity index (χ1) is 12.7. The number of aromatic amines is 1. The molecule has 1 aliphatic carbocycles. The fraction of sp³-hybridized carbons (Fsp3) is 0.455. The normalized spacial score (nSPS) is 19.4. The number of fused-ring (bicyclic) bond motifs is 1. The van der Waals surface area contributed by atoms with Gasteiger partial charge >= 0.3 is 0 Å². The maximum Gasteiger partial charge on any atom is 0.261 e. The highest BCUT2D eigenvalue weighted by molar-refractivity contribution is 5.94. The van der Waals surface area contributed by atoms with Crippen LogP contribution < -0.4 is 5.56 Å². The Labute approximate surface area is 154 Å². The van der Waals surface area contributed by atoms with Crippen molar-refractivity contribution in [1.82, 2.24) is 9.88 Å². The molecule has 4 heteroatoms. The molecule has 4 nitrogen and oxygen atoms in total. The Hall–Kier alpha value is -2.36.